The van der Waals surface area contributed by atoms with E-state index < -0.39 is 12.8 Å². The molecule has 0 saturated carbocycles. The average molecular weight is 250 g/mol. The van der Waals surface area contributed by atoms with Crippen LogP contribution in [0.15, 0.2) is 42.5 Å². The Labute approximate surface area is 100 Å². The highest BCUT2D eigenvalue weighted by atomic mass is 31.2. The lowest BCUT2D eigenvalue weighted by Crippen LogP contribution is -2.17. The normalized spacial score (nSPS) is 12.9. The number of hydrogen-bond donors (Lipinski definition) is 2. The summed E-state index contributed by atoms with van der Waals surface area (Å²) in [5, 5.41) is 0.711. The molecule has 0 aliphatic rings. The van der Waals surface area contributed by atoms with Crippen LogP contribution in [0.25, 0.3) is 10.8 Å². The molecule has 0 bridgehead atoms. The fourth-order valence-electron chi connectivity index (χ4n) is 1.92. The molecule has 2 N–H and O–H groups in total. The molecular weight excluding hydrogens is 235 g/mol. The first kappa shape index (κ1) is 12.3. The SMILES string of the molecule is CC(C)(c1cccc2ccccc12)P(=O)(O)O. The number of hydrogen-bond acceptors (Lipinski definition) is 1. The zero-order valence-corrected chi connectivity index (χ0v) is 10.7. The molecule has 90 valence electrons. The van der Waals surface area contributed by atoms with E-state index in [1.54, 1.807) is 19.9 Å². The summed E-state index contributed by atoms with van der Waals surface area (Å²) in [5.74, 6) is 0. The van der Waals surface area contributed by atoms with E-state index in [1.165, 1.54) is 0 Å². The molecular formula is C13H15O3P. The number of fused-ring (bicyclic) bond motifs is 1. The van der Waals surface area contributed by atoms with E-state index in [-0.39, 0.29) is 0 Å². The molecule has 4 heteroatoms. The lowest BCUT2D eigenvalue weighted by molar-refractivity contribution is 0.338. The van der Waals surface area contributed by atoms with Gasteiger partial charge in [0.2, 0.25) is 0 Å². The van der Waals surface area contributed by atoms with E-state index in [1.807, 2.05) is 36.4 Å². The van der Waals surface area contributed by atoms with Crippen molar-refractivity contribution in [3.8, 4) is 0 Å². The molecule has 0 unspecified atom stereocenters. The van der Waals surface area contributed by atoms with E-state index in [2.05, 4.69) is 0 Å². The minimum Gasteiger partial charge on any atom is -0.324 e. The van der Waals surface area contributed by atoms with Crippen molar-refractivity contribution in [3.05, 3.63) is 48.0 Å². The second-order valence-corrected chi connectivity index (χ2v) is 6.84. The molecule has 0 aromatic heterocycles. The Morgan fingerprint density at radius 2 is 1.59 bits per heavy atom. The third-order valence-corrected chi connectivity index (χ3v) is 4.87. The fraction of sp³-hybridized carbons (Fsp3) is 0.231. The Bertz CT molecular complexity index is 593. The molecule has 0 aliphatic heterocycles. The Balaban J connectivity index is 2.76. The van der Waals surface area contributed by atoms with Crippen molar-refractivity contribution >= 4 is 18.4 Å². The van der Waals surface area contributed by atoms with Crippen molar-refractivity contribution in [1.82, 2.24) is 0 Å². The van der Waals surface area contributed by atoms with E-state index in [0.717, 1.165) is 10.8 Å². The van der Waals surface area contributed by atoms with E-state index in [9.17, 15) is 14.4 Å². The van der Waals surface area contributed by atoms with Gasteiger partial charge >= 0.3 is 7.60 Å². The lowest BCUT2D eigenvalue weighted by Gasteiger charge is -2.27. The summed E-state index contributed by atoms with van der Waals surface area (Å²) in [7, 11) is -4.19. The van der Waals surface area contributed by atoms with Crippen LogP contribution in [0, 0.1) is 0 Å². The van der Waals surface area contributed by atoms with Gasteiger partial charge in [-0.25, -0.2) is 0 Å². The standard InChI is InChI=1S/C13H15O3P/c1-13(2,17(14,15)16)12-9-5-7-10-6-3-4-8-11(10)12/h3-9H,1-2H3,(H2,14,15,16). The van der Waals surface area contributed by atoms with Gasteiger partial charge in [-0.1, -0.05) is 42.5 Å². The minimum absolute atomic E-state index is 0.684. The summed E-state index contributed by atoms with van der Waals surface area (Å²) in [6, 6.07) is 13.2. The van der Waals surface area contributed by atoms with Crippen LogP contribution in [0.3, 0.4) is 0 Å². The first-order valence-electron chi connectivity index (χ1n) is 5.38. The molecule has 2 rings (SSSR count). The summed E-state index contributed by atoms with van der Waals surface area (Å²) in [6.07, 6.45) is 0. The van der Waals surface area contributed by atoms with Crippen LogP contribution in [0.4, 0.5) is 0 Å². The maximum Gasteiger partial charge on any atom is 0.335 e. The Morgan fingerprint density at radius 3 is 2.24 bits per heavy atom. The van der Waals surface area contributed by atoms with Gasteiger partial charge in [0.25, 0.3) is 0 Å². The third-order valence-electron chi connectivity index (χ3n) is 3.18. The van der Waals surface area contributed by atoms with Crippen LogP contribution >= 0.6 is 7.60 Å². The van der Waals surface area contributed by atoms with Crippen molar-refractivity contribution < 1.29 is 14.4 Å². The Morgan fingerprint density at radius 1 is 1.00 bits per heavy atom. The first-order valence-corrected chi connectivity index (χ1v) is 6.99. The Hall–Kier alpha value is -1.15. The molecule has 17 heavy (non-hydrogen) atoms. The van der Waals surface area contributed by atoms with Gasteiger partial charge in [0.1, 0.15) is 0 Å². The van der Waals surface area contributed by atoms with Crippen molar-refractivity contribution in [2.24, 2.45) is 0 Å². The van der Waals surface area contributed by atoms with Gasteiger partial charge in [0.05, 0.1) is 5.16 Å². The van der Waals surface area contributed by atoms with Gasteiger partial charge in [-0.15, -0.1) is 0 Å². The second kappa shape index (κ2) is 3.95. The second-order valence-electron chi connectivity index (χ2n) is 4.63. The summed E-state index contributed by atoms with van der Waals surface area (Å²) >= 11 is 0. The van der Waals surface area contributed by atoms with Crippen molar-refractivity contribution in [2.75, 3.05) is 0 Å². The highest BCUT2D eigenvalue weighted by molar-refractivity contribution is 7.53. The molecule has 0 heterocycles. The van der Waals surface area contributed by atoms with E-state index >= 15 is 0 Å². The zero-order chi connectivity index (χ0) is 12.7. The van der Waals surface area contributed by atoms with Crippen LogP contribution in [0.2, 0.25) is 0 Å². The molecule has 2 aromatic carbocycles. The van der Waals surface area contributed by atoms with Gasteiger partial charge in [-0.2, -0.15) is 0 Å². The first-order chi connectivity index (χ1) is 7.84. The van der Waals surface area contributed by atoms with E-state index in [0.29, 0.717) is 5.56 Å². The summed E-state index contributed by atoms with van der Waals surface area (Å²) in [4.78, 5) is 18.9. The molecule has 0 aliphatic carbocycles. The zero-order valence-electron chi connectivity index (χ0n) is 9.79. The van der Waals surface area contributed by atoms with Crippen molar-refractivity contribution in [1.29, 1.82) is 0 Å². The maximum absolute atomic E-state index is 11.6. The monoisotopic (exact) mass is 250 g/mol. The third kappa shape index (κ3) is 2.02. The van der Waals surface area contributed by atoms with Gasteiger partial charge in [0, 0.05) is 0 Å². The molecule has 0 saturated heterocycles. The molecule has 0 fully saturated rings. The van der Waals surface area contributed by atoms with Gasteiger partial charge < -0.3 is 9.79 Å². The number of benzene rings is 2. The van der Waals surface area contributed by atoms with Crippen LogP contribution < -0.4 is 0 Å². The molecule has 0 atom stereocenters. The van der Waals surface area contributed by atoms with Gasteiger partial charge in [-0.05, 0) is 30.2 Å². The topological polar surface area (TPSA) is 57.5 Å². The molecule has 3 nitrogen and oxygen atoms in total. The largest absolute Gasteiger partial charge is 0.335 e. The molecule has 0 radical (unpaired) electrons. The van der Waals surface area contributed by atoms with Crippen LogP contribution in [0.5, 0.6) is 0 Å². The molecule has 0 spiro atoms. The van der Waals surface area contributed by atoms with Crippen molar-refractivity contribution in [2.45, 2.75) is 19.0 Å². The van der Waals surface area contributed by atoms with Crippen LogP contribution in [-0.4, -0.2) is 9.79 Å². The molecule has 0 amide bonds. The van der Waals surface area contributed by atoms with Gasteiger partial charge in [-0.3, -0.25) is 4.57 Å². The summed E-state index contributed by atoms with van der Waals surface area (Å²) in [6.45, 7) is 3.16. The smallest absolute Gasteiger partial charge is 0.324 e. The predicted octanol–water partition coefficient (Wildman–Crippen LogP) is 3.25. The fourth-order valence-corrected chi connectivity index (χ4v) is 2.42. The van der Waals surface area contributed by atoms with Crippen LogP contribution in [-0.2, 0) is 9.72 Å². The number of rotatable bonds is 2. The highest BCUT2D eigenvalue weighted by Crippen LogP contribution is 2.57. The van der Waals surface area contributed by atoms with E-state index in [4.69, 9.17) is 0 Å². The Kier molecular flexibility index (Phi) is 2.86. The predicted molar refractivity (Wildman–Crippen MR) is 69.0 cm³/mol. The average Bonchev–Trinajstić information content (AvgIpc) is 2.26. The minimum atomic E-state index is -4.19. The maximum atomic E-state index is 11.6. The van der Waals surface area contributed by atoms with Crippen LogP contribution in [0.1, 0.15) is 19.4 Å². The van der Waals surface area contributed by atoms with Gasteiger partial charge in [0.15, 0.2) is 0 Å². The highest BCUT2D eigenvalue weighted by Gasteiger charge is 2.40. The van der Waals surface area contributed by atoms with Crippen molar-refractivity contribution in [3.63, 3.8) is 0 Å². The lowest BCUT2D eigenvalue weighted by atomic mass is 9.95. The molecule has 2 aromatic rings. The summed E-state index contributed by atoms with van der Waals surface area (Å²) in [5.41, 5.74) is 0.684. The summed E-state index contributed by atoms with van der Waals surface area (Å²) < 4.78 is 11.6. The quantitative estimate of drug-likeness (QED) is 0.804.